The van der Waals surface area contributed by atoms with Gasteiger partial charge in [-0.05, 0) is 21.0 Å². The largest absolute Gasteiger partial charge is 0.394 e. The summed E-state index contributed by atoms with van der Waals surface area (Å²) in [6, 6.07) is 0.243. The van der Waals surface area contributed by atoms with Crippen molar-refractivity contribution in [2.45, 2.75) is 13.0 Å². The third kappa shape index (κ3) is 2.12. The third-order valence-electron chi connectivity index (χ3n) is 1.91. The van der Waals surface area contributed by atoms with Crippen LogP contribution in [-0.2, 0) is 0 Å². The van der Waals surface area contributed by atoms with Crippen molar-refractivity contribution in [1.29, 1.82) is 0 Å². The van der Waals surface area contributed by atoms with Gasteiger partial charge in [-0.1, -0.05) is 0 Å². The Bertz CT molecular complexity index is 278. The first-order valence-corrected chi connectivity index (χ1v) is 4.25. The SMILES string of the molecule is CC(CN(C)C)n1ncc(N)c1N. The molecule has 0 saturated heterocycles. The molecular formula is C8H17N5. The van der Waals surface area contributed by atoms with Crippen LogP contribution in [0.2, 0.25) is 0 Å². The van der Waals surface area contributed by atoms with Gasteiger partial charge >= 0.3 is 0 Å². The fourth-order valence-corrected chi connectivity index (χ4v) is 1.34. The van der Waals surface area contributed by atoms with Crippen molar-refractivity contribution in [3.8, 4) is 0 Å². The molecule has 0 aromatic carbocycles. The van der Waals surface area contributed by atoms with Crippen molar-refractivity contribution < 1.29 is 0 Å². The Balaban J connectivity index is 2.76. The van der Waals surface area contributed by atoms with Gasteiger partial charge in [-0.25, -0.2) is 4.68 Å². The molecule has 4 N–H and O–H groups in total. The monoisotopic (exact) mass is 183 g/mol. The Morgan fingerprint density at radius 2 is 2.15 bits per heavy atom. The van der Waals surface area contributed by atoms with Crippen molar-refractivity contribution in [3.63, 3.8) is 0 Å². The van der Waals surface area contributed by atoms with Crippen LogP contribution in [0.25, 0.3) is 0 Å². The lowest BCUT2D eigenvalue weighted by Gasteiger charge is -2.18. The molecule has 1 heterocycles. The second-order valence-electron chi connectivity index (χ2n) is 3.54. The predicted molar refractivity (Wildman–Crippen MR) is 54.3 cm³/mol. The average Bonchev–Trinajstić information content (AvgIpc) is 2.31. The zero-order valence-corrected chi connectivity index (χ0v) is 8.36. The van der Waals surface area contributed by atoms with E-state index in [-0.39, 0.29) is 6.04 Å². The summed E-state index contributed by atoms with van der Waals surface area (Å²) in [5.41, 5.74) is 11.9. The van der Waals surface area contributed by atoms with E-state index in [9.17, 15) is 0 Å². The van der Waals surface area contributed by atoms with Crippen molar-refractivity contribution in [1.82, 2.24) is 14.7 Å². The van der Waals surface area contributed by atoms with Crippen LogP contribution in [0.15, 0.2) is 6.20 Å². The lowest BCUT2D eigenvalue weighted by atomic mass is 10.3. The minimum absolute atomic E-state index is 0.243. The summed E-state index contributed by atoms with van der Waals surface area (Å²) in [6.45, 7) is 2.95. The maximum atomic E-state index is 5.74. The minimum Gasteiger partial charge on any atom is -0.394 e. The number of nitrogen functional groups attached to an aromatic ring is 2. The summed E-state index contributed by atoms with van der Waals surface area (Å²) in [4.78, 5) is 2.09. The predicted octanol–water partition coefficient (Wildman–Crippen LogP) is 0.170. The smallest absolute Gasteiger partial charge is 0.145 e. The van der Waals surface area contributed by atoms with Crippen molar-refractivity contribution in [2.24, 2.45) is 0 Å². The van der Waals surface area contributed by atoms with Gasteiger partial charge < -0.3 is 16.4 Å². The minimum atomic E-state index is 0.243. The molecule has 0 bridgehead atoms. The fourth-order valence-electron chi connectivity index (χ4n) is 1.34. The topological polar surface area (TPSA) is 73.1 Å². The molecule has 5 heteroatoms. The van der Waals surface area contributed by atoms with Gasteiger partial charge in [0.15, 0.2) is 0 Å². The van der Waals surface area contributed by atoms with Gasteiger partial charge in [0.25, 0.3) is 0 Å². The van der Waals surface area contributed by atoms with Crippen molar-refractivity contribution in [3.05, 3.63) is 6.20 Å². The summed E-state index contributed by atoms with van der Waals surface area (Å²) in [6.07, 6.45) is 1.58. The molecule has 1 aromatic rings. The summed E-state index contributed by atoms with van der Waals surface area (Å²) in [7, 11) is 4.03. The molecule has 0 radical (unpaired) electrons. The van der Waals surface area contributed by atoms with E-state index in [2.05, 4.69) is 16.9 Å². The normalized spacial score (nSPS) is 13.5. The summed E-state index contributed by atoms with van der Waals surface area (Å²) >= 11 is 0. The number of hydrogen-bond donors (Lipinski definition) is 2. The highest BCUT2D eigenvalue weighted by Crippen LogP contribution is 2.17. The highest BCUT2D eigenvalue weighted by atomic mass is 15.3. The lowest BCUT2D eigenvalue weighted by molar-refractivity contribution is 0.325. The van der Waals surface area contributed by atoms with E-state index in [0.717, 1.165) is 6.54 Å². The maximum Gasteiger partial charge on any atom is 0.145 e. The first-order chi connectivity index (χ1) is 6.02. The quantitative estimate of drug-likeness (QED) is 0.700. The molecular weight excluding hydrogens is 166 g/mol. The highest BCUT2D eigenvalue weighted by molar-refractivity contribution is 5.57. The molecule has 1 unspecified atom stereocenters. The van der Waals surface area contributed by atoms with Gasteiger partial charge in [0.05, 0.1) is 17.9 Å². The molecule has 0 aliphatic rings. The fraction of sp³-hybridized carbons (Fsp3) is 0.625. The lowest BCUT2D eigenvalue weighted by Crippen LogP contribution is -2.24. The Labute approximate surface area is 78.3 Å². The van der Waals surface area contributed by atoms with E-state index in [1.807, 2.05) is 14.1 Å². The van der Waals surface area contributed by atoms with Crippen LogP contribution in [0.4, 0.5) is 11.5 Å². The number of hydrogen-bond acceptors (Lipinski definition) is 4. The van der Waals surface area contributed by atoms with Crippen LogP contribution in [0.1, 0.15) is 13.0 Å². The number of anilines is 2. The summed E-state index contributed by atoms with van der Waals surface area (Å²) < 4.78 is 1.75. The summed E-state index contributed by atoms with van der Waals surface area (Å²) in [5, 5.41) is 4.11. The standard InChI is InChI=1S/C8H17N5/c1-6(5-12(2)3)13-8(10)7(9)4-11-13/h4,6H,5,9-10H2,1-3H3. The second-order valence-corrected chi connectivity index (χ2v) is 3.54. The Hall–Kier alpha value is -1.23. The van der Waals surface area contributed by atoms with Gasteiger partial charge in [0, 0.05) is 6.54 Å². The zero-order chi connectivity index (χ0) is 10.0. The molecule has 5 nitrogen and oxygen atoms in total. The molecule has 13 heavy (non-hydrogen) atoms. The van der Waals surface area contributed by atoms with Gasteiger partial charge in [-0.2, -0.15) is 5.10 Å². The third-order valence-corrected chi connectivity index (χ3v) is 1.91. The van der Waals surface area contributed by atoms with Crippen LogP contribution in [0.3, 0.4) is 0 Å². The van der Waals surface area contributed by atoms with E-state index in [4.69, 9.17) is 11.5 Å². The molecule has 1 aromatic heterocycles. The van der Waals surface area contributed by atoms with E-state index in [0.29, 0.717) is 11.5 Å². The molecule has 74 valence electrons. The van der Waals surface area contributed by atoms with Crippen LogP contribution in [-0.4, -0.2) is 35.3 Å². The maximum absolute atomic E-state index is 5.74. The Morgan fingerprint density at radius 3 is 2.54 bits per heavy atom. The number of nitrogens with zero attached hydrogens (tertiary/aromatic N) is 3. The van der Waals surface area contributed by atoms with E-state index < -0.39 is 0 Å². The highest BCUT2D eigenvalue weighted by Gasteiger charge is 2.11. The molecule has 0 fully saturated rings. The van der Waals surface area contributed by atoms with Gasteiger partial charge in [-0.15, -0.1) is 0 Å². The summed E-state index contributed by atoms with van der Waals surface area (Å²) in [5.74, 6) is 0.550. The second kappa shape index (κ2) is 3.66. The van der Waals surface area contributed by atoms with Gasteiger partial charge in [0.1, 0.15) is 5.82 Å². The van der Waals surface area contributed by atoms with Crippen LogP contribution < -0.4 is 11.5 Å². The first-order valence-electron chi connectivity index (χ1n) is 4.25. The van der Waals surface area contributed by atoms with Crippen LogP contribution in [0.5, 0.6) is 0 Å². The molecule has 1 atom stereocenters. The number of aromatic nitrogens is 2. The molecule has 0 spiro atoms. The zero-order valence-electron chi connectivity index (χ0n) is 8.36. The molecule has 0 aliphatic heterocycles. The van der Waals surface area contributed by atoms with Gasteiger partial charge in [-0.3, -0.25) is 0 Å². The number of likely N-dealkylation sites (N-methyl/N-ethyl adjacent to an activating group) is 1. The van der Waals surface area contributed by atoms with Crippen LogP contribution >= 0.6 is 0 Å². The molecule has 0 aliphatic carbocycles. The average molecular weight is 183 g/mol. The van der Waals surface area contributed by atoms with Crippen molar-refractivity contribution in [2.75, 3.05) is 32.1 Å². The number of rotatable bonds is 3. The van der Waals surface area contributed by atoms with Gasteiger partial charge in [0.2, 0.25) is 0 Å². The number of nitrogens with two attached hydrogens (primary N) is 2. The van der Waals surface area contributed by atoms with E-state index in [1.165, 1.54) is 0 Å². The van der Waals surface area contributed by atoms with Crippen LogP contribution in [0, 0.1) is 0 Å². The van der Waals surface area contributed by atoms with E-state index in [1.54, 1.807) is 10.9 Å². The first kappa shape index (κ1) is 9.85. The Kier molecular flexibility index (Phi) is 2.77. The molecule has 1 rings (SSSR count). The molecule has 0 saturated carbocycles. The Morgan fingerprint density at radius 1 is 1.54 bits per heavy atom. The van der Waals surface area contributed by atoms with E-state index >= 15 is 0 Å². The molecule has 0 amide bonds. The van der Waals surface area contributed by atoms with Crippen molar-refractivity contribution >= 4 is 11.5 Å².